The van der Waals surface area contributed by atoms with Crippen LogP contribution in [0.3, 0.4) is 0 Å². The molecule has 0 bridgehead atoms. The first kappa shape index (κ1) is 25.9. The summed E-state index contributed by atoms with van der Waals surface area (Å²) in [5, 5.41) is 29.6. The number of benzene rings is 1. The van der Waals surface area contributed by atoms with Gasteiger partial charge in [0.25, 0.3) is 0 Å². The molecule has 3 aromatic heterocycles. The maximum absolute atomic E-state index is 14.0. The molecule has 39 heavy (non-hydrogen) atoms. The number of nitrogens with one attached hydrogen (secondary N) is 2. The van der Waals surface area contributed by atoms with Crippen LogP contribution in [-0.4, -0.2) is 47.2 Å². The summed E-state index contributed by atoms with van der Waals surface area (Å²) >= 11 is 0. The van der Waals surface area contributed by atoms with Crippen molar-refractivity contribution in [2.75, 3.05) is 0 Å². The molecule has 2 saturated carbocycles. The quantitative estimate of drug-likeness (QED) is 0.296. The Kier molecular flexibility index (Phi) is 6.66. The van der Waals surface area contributed by atoms with Gasteiger partial charge in [-0.25, -0.2) is 4.98 Å². The van der Waals surface area contributed by atoms with Crippen molar-refractivity contribution in [2.45, 2.75) is 75.7 Å². The molecule has 2 fully saturated rings. The molecule has 0 unspecified atom stereocenters. The monoisotopic (exact) mass is 539 g/mol. The highest BCUT2D eigenvalue weighted by atomic mass is 19.4. The second-order valence-corrected chi connectivity index (χ2v) is 11.0. The van der Waals surface area contributed by atoms with Crippen LogP contribution in [0.5, 0.6) is 0 Å². The Morgan fingerprint density at radius 2 is 1.97 bits per heavy atom. The third-order valence-corrected chi connectivity index (χ3v) is 8.34. The number of hydrogen-bond acceptors (Lipinski definition) is 6. The molecule has 0 spiro atoms. The number of aromatic amines is 1. The number of hydrogen-bond donors (Lipinski definition) is 3. The van der Waals surface area contributed by atoms with Crippen LogP contribution in [0.25, 0.3) is 22.2 Å². The van der Waals surface area contributed by atoms with E-state index in [0.717, 1.165) is 42.3 Å². The molecule has 0 saturated heterocycles. The van der Waals surface area contributed by atoms with Crippen molar-refractivity contribution in [1.29, 1.82) is 0 Å². The number of aromatic nitrogens is 6. The van der Waals surface area contributed by atoms with Crippen molar-refractivity contribution >= 4 is 10.9 Å². The molecule has 206 valence electrons. The van der Waals surface area contributed by atoms with Crippen LogP contribution in [0.2, 0.25) is 0 Å². The van der Waals surface area contributed by atoms with E-state index in [-0.39, 0.29) is 23.8 Å². The van der Waals surface area contributed by atoms with E-state index in [1.54, 1.807) is 13.3 Å². The maximum Gasteiger partial charge on any atom is 0.433 e. The molecule has 3 heterocycles. The van der Waals surface area contributed by atoms with Crippen molar-refractivity contribution in [3.05, 3.63) is 59.4 Å². The highest BCUT2D eigenvalue weighted by molar-refractivity contribution is 5.94. The van der Waals surface area contributed by atoms with Gasteiger partial charge in [0.2, 0.25) is 0 Å². The largest absolute Gasteiger partial charge is 0.433 e. The molecule has 2 aliphatic carbocycles. The van der Waals surface area contributed by atoms with Crippen molar-refractivity contribution < 1.29 is 18.3 Å². The second kappa shape index (κ2) is 10.0. The van der Waals surface area contributed by atoms with Crippen LogP contribution in [0, 0.1) is 5.92 Å². The van der Waals surface area contributed by atoms with E-state index >= 15 is 0 Å². The van der Waals surface area contributed by atoms with E-state index in [9.17, 15) is 18.3 Å². The molecule has 8 nitrogen and oxygen atoms in total. The van der Waals surface area contributed by atoms with Crippen molar-refractivity contribution in [3.8, 4) is 11.3 Å². The number of fused-ring (bicyclic) bond motifs is 1. The molecule has 6 rings (SSSR count). The topological polar surface area (TPSA) is 105 Å². The zero-order valence-corrected chi connectivity index (χ0v) is 21.9. The fraction of sp³-hybridized carbons (Fsp3) is 0.500. The molecular weight excluding hydrogens is 507 g/mol. The van der Waals surface area contributed by atoms with Gasteiger partial charge in [0.15, 0.2) is 0 Å². The lowest BCUT2D eigenvalue weighted by molar-refractivity contribution is -0.141. The number of aliphatic hydroxyl groups excluding tert-OH is 1. The van der Waals surface area contributed by atoms with Gasteiger partial charge in [0.1, 0.15) is 23.5 Å². The fourth-order valence-corrected chi connectivity index (χ4v) is 6.12. The first-order valence-electron chi connectivity index (χ1n) is 13.5. The minimum atomic E-state index is -4.61. The number of aryl methyl sites for hydroxylation is 1. The Hall–Kier alpha value is -3.31. The van der Waals surface area contributed by atoms with Crippen LogP contribution < -0.4 is 5.32 Å². The van der Waals surface area contributed by atoms with Crippen LogP contribution in [0.4, 0.5) is 13.2 Å². The van der Waals surface area contributed by atoms with Crippen LogP contribution in [-0.2, 0) is 13.2 Å². The van der Waals surface area contributed by atoms with Gasteiger partial charge in [-0.05, 0) is 62.6 Å². The normalized spacial score (nSPS) is 21.8. The minimum Gasteiger partial charge on any atom is -0.393 e. The van der Waals surface area contributed by atoms with Gasteiger partial charge < -0.3 is 15.0 Å². The fourth-order valence-electron chi connectivity index (χ4n) is 6.12. The molecule has 0 aliphatic heterocycles. The number of aliphatic hydroxyl groups is 1. The summed E-state index contributed by atoms with van der Waals surface area (Å²) in [7, 11) is 1.93. The highest BCUT2D eigenvalue weighted by Gasteiger charge is 2.36. The zero-order chi connectivity index (χ0) is 27.3. The van der Waals surface area contributed by atoms with Gasteiger partial charge >= 0.3 is 6.18 Å². The van der Waals surface area contributed by atoms with Crippen LogP contribution >= 0.6 is 0 Å². The lowest BCUT2D eigenvalue weighted by Crippen LogP contribution is -2.30. The molecule has 3 N–H and O–H groups in total. The van der Waals surface area contributed by atoms with Gasteiger partial charge in [-0.15, -0.1) is 10.2 Å². The average molecular weight is 540 g/mol. The standard InChI is InChI=1S/C28H32F3N7O/c1-15(33-19-9-10-20(39)12-19)24-26-21(13-22(34-24)28(29,30)31)25(35-36-26)18-8-4-7-17(11-18)23(16-5-3-6-16)27-37-32-14-38(27)2/h4,7-8,11,13-16,19-20,23,33,39H,3,5-6,9-10,12H2,1-2H3,(H,35,36)/t15-,19+,20-,23+/m0/s1. The average Bonchev–Trinajstić information content (AvgIpc) is 3.60. The van der Waals surface area contributed by atoms with Crippen molar-refractivity contribution in [3.63, 3.8) is 0 Å². The predicted molar refractivity (Wildman–Crippen MR) is 140 cm³/mol. The van der Waals surface area contributed by atoms with E-state index in [2.05, 4.69) is 30.7 Å². The van der Waals surface area contributed by atoms with E-state index in [1.165, 1.54) is 6.42 Å². The van der Waals surface area contributed by atoms with Gasteiger partial charge in [-0.2, -0.15) is 18.3 Å². The number of pyridine rings is 1. The number of nitrogens with zero attached hydrogens (tertiary/aromatic N) is 5. The molecule has 2 aliphatic rings. The third-order valence-electron chi connectivity index (χ3n) is 8.34. The van der Waals surface area contributed by atoms with Crippen LogP contribution in [0.15, 0.2) is 36.7 Å². The van der Waals surface area contributed by atoms with E-state index < -0.39 is 17.9 Å². The Bertz CT molecular complexity index is 1480. The first-order chi connectivity index (χ1) is 18.7. The maximum atomic E-state index is 14.0. The summed E-state index contributed by atoms with van der Waals surface area (Å²) in [5.41, 5.74) is 2.03. The second-order valence-electron chi connectivity index (χ2n) is 11.0. The SMILES string of the molecule is C[C@H](N[C@@H]1CC[C@H](O)C1)c1nc(C(F)(F)F)cc2c(-c3cccc([C@H](c4nncn4C)C4CCC4)c3)n[nH]c12. The summed E-state index contributed by atoms with van der Waals surface area (Å²) in [4.78, 5) is 4.03. The summed E-state index contributed by atoms with van der Waals surface area (Å²) < 4.78 is 43.9. The van der Waals surface area contributed by atoms with Gasteiger partial charge in [0, 0.05) is 36.0 Å². The number of rotatable bonds is 7. The van der Waals surface area contributed by atoms with Crippen molar-refractivity contribution in [1.82, 2.24) is 35.3 Å². The Labute approximate surface area is 224 Å². The van der Waals surface area contributed by atoms with Crippen LogP contribution in [0.1, 0.15) is 80.2 Å². The lowest BCUT2D eigenvalue weighted by atomic mass is 9.72. The highest BCUT2D eigenvalue weighted by Crippen LogP contribution is 2.44. The Balaban J connectivity index is 1.42. The number of alkyl halides is 3. The zero-order valence-electron chi connectivity index (χ0n) is 21.9. The molecule has 4 aromatic rings. The number of halogens is 3. The third kappa shape index (κ3) is 4.93. The minimum absolute atomic E-state index is 0.0181. The summed E-state index contributed by atoms with van der Waals surface area (Å²) in [5.74, 6) is 1.37. The molecule has 4 atom stereocenters. The Morgan fingerprint density at radius 1 is 1.15 bits per heavy atom. The van der Waals surface area contributed by atoms with E-state index in [4.69, 9.17) is 0 Å². The molecule has 0 radical (unpaired) electrons. The molecule has 11 heteroatoms. The predicted octanol–water partition coefficient (Wildman–Crippen LogP) is 5.27. The van der Waals surface area contributed by atoms with Gasteiger partial charge in [0.05, 0.1) is 17.3 Å². The van der Waals surface area contributed by atoms with Gasteiger partial charge in [-0.3, -0.25) is 5.10 Å². The molecular formula is C28H32F3N7O. The lowest BCUT2D eigenvalue weighted by Gasteiger charge is -2.33. The summed E-state index contributed by atoms with van der Waals surface area (Å²) in [6, 6.07) is 8.50. The number of H-pyrrole nitrogens is 1. The smallest absolute Gasteiger partial charge is 0.393 e. The van der Waals surface area contributed by atoms with Crippen molar-refractivity contribution in [2.24, 2.45) is 13.0 Å². The van der Waals surface area contributed by atoms with Gasteiger partial charge in [-0.1, -0.05) is 24.6 Å². The summed E-state index contributed by atoms with van der Waals surface area (Å²) in [6.45, 7) is 1.80. The molecule has 0 amide bonds. The first-order valence-corrected chi connectivity index (χ1v) is 13.5. The summed E-state index contributed by atoms with van der Waals surface area (Å²) in [6.07, 6.45) is 2.08. The van der Waals surface area contributed by atoms with E-state index in [0.29, 0.717) is 35.4 Å². The Morgan fingerprint density at radius 3 is 2.62 bits per heavy atom. The molecule has 1 aromatic carbocycles. The van der Waals surface area contributed by atoms with E-state index in [1.807, 2.05) is 35.9 Å².